The van der Waals surface area contributed by atoms with E-state index in [1.54, 1.807) is 25.3 Å². The lowest BCUT2D eigenvalue weighted by atomic mass is 10.0. The van der Waals surface area contributed by atoms with Gasteiger partial charge >= 0.3 is 0 Å². The molecule has 0 aliphatic rings. The molecule has 6 nitrogen and oxygen atoms in total. The van der Waals surface area contributed by atoms with Gasteiger partial charge in [-0.2, -0.15) is 5.26 Å². The predicted molar refractivity (Wildman–Crippen MR) is 69.4 cm³/mol. The molecule has 2 heterocycles. The number of hydrogen-bond donors (Lipinski definition) is 2. The lowest BCUT2D eigenvalue weighted by Crippen LogP contribution is -2.12. The van der Waals surface area contributed by atoms with Crippen molar-refractivity contribution in [2.75, 3.05) is 5.32 Å². The number of nitrogens with one attached hydrogen (secondary N) is 2. The van der Waals surface area contributed by atoms with Crippen molar-refractivity contribution in [3.63, 3.8) is 0 Å². The lowest BCUT2D eigenvalue weighted by molar-refractivity contribution is -0.105. The first-order chi connectivity index (χ1) is 9.15. The number of amides is 1. The first-order valence-electron chi connectivity index (χ1n) is 5.46. The summed E-state index contributed by atoms with van der Waals surface area (Å²) in [5.41, 5.74) is 1.77. The molecule has 0 fully saturated rings. The molecule has 0 spiro atoms. The Morgan fingerprint density at radius 1 is 1.47 bits per heavy atom. The summed E-state index contributed by atoms with van der Waals surface area (Å²) in [7, 11) is 0. The highest BCUT2D eigenvalue weighted by molar-refractivity contribution is 5.71. The average molecular weight is 254 g/mol. The van der Waals surface area contributed by atoms with Gasteiger partial charge in [-0.15, -0.1) is 0 Å². The molecule has 0 aromatic carbocycles. The molecule has 0 aliphatic carbocycles. The molecule has 0 aliphatic heterocycles. The summed E-state index contributed by atoms with van der Waals surface area (Å²) < 4.78 is 0. The van der Waals surface area contributed by atoms with Crippen LogP contribution >= 0.6 is 0 Å². The molecular formula is C13H10N4O2. The Morgan fingerprint density at radius 2 is 2.26 bits per heavy atom. The van der Waals surface area contributed by atoms with Crippen LogP contribution in [0.15, 0.2) is 29.2 Å². The first-order valence-corrected chi connectivity index (χ1v) is 5.46. The average Bonchev–Trinajstić information content (AvgIpc) is 2.41. The fraction of sp³-hybridized carbons (Fsp3) is 0.0769. The molecule has 0 unspecified atom stereocenters. The zero-order valence-electron chi connectivity index (χ0n) is 10.1. The summed E-state index contributed by atoms with van der Waals surface area (Å²) in [4.78, 5) is 28.4. The smallest absolute Gasteiger partial charge is 0.266 e. The highest BCUT2D eigenvalue weighted by Gasteiger charge is 2.07. The maximum Gasteiger partial charge on any atom is 0.266 e. The number of carbonyl (C=O) groups excluding carboxylic acids is 1. The third kappa shape index (κ3) is 2.50. The monoisotopic (exact) mass is 254 g/mol. The van der Waals surface area contributed by atoms with Crippen LogP contribution in [0.1, 0.15) is 11.3 Å². The number of nitriles is 1. The zero-order chi connectivity index (χ0) is 13.8. The van der Waals surface area contributed by atoms with Crippen LogP contribution in [-0.4, -0.2) is 16.4 Å². The Balaban J connectivity index is 2.50. The van der Waals surface area contributed by atoms with Crippen molar-refractivity contribution >= 4 is 12.2 Å². The van der Waals surface area contributed by atoms with Crippen LogP contribution in [0.25, 0.3) is 11.1 Å². The number of anilines is 1. The quantitative estimate of drug-likeness (QED) is 0.803. The van der Waals surface area contributed by atoms with E-state index in [4.69, 9.17) is 5.26 Å². The van der Waals surface area contributed by atoms with E-state index < -0.39 is 5.56 Å². The Morgan fingerprint density at radius 3 is 2.84 bits per heavy atom. The van der Waals surface area contributed by atoms with Crippen LogP contribution in [-0.2, 0) is 4.79 Å². The van der Waals surface area contributed by atoms with Gasteiger partial charge in [0.1, 0.15) is 17.5 Å². The summed E-state index contributed by atoms with van der Waals surface area (Å²) in [6, 6.07) is 6.76. The Hall–Kier alpha value is -2.94. The highest BCUT2D eigenvalue weighted by Crippen LogP contribution is 2.21. The number of aryl methyl sites for hydroxylation is 1. The second-order valence-electron chi connectivity index (χ2n) is 3.86. The third-order valence-corrected chi connectivity index (χ3v) is 2.64. The van der Waals surface area contributed by atoms with E-state index in [1.807, 2.05) is 6.07 Å². The van der Waals surface area contributed by atoms with Crippen molar-refractivity contribution < 1.29 is 4.79 Å². The van der Waals surface area contributed by atoms with E-state index in [2.05, 4.69) is 15.3 Å². The molecule has 2 aromatic rings. The fourth-order valence-corrected chi connectivity index (χ4v) is 1.70. The molecule has 0 atom stereocenters. The minimum absolute atomic E-state index is 0.0516. The summed E-state index contributed by atoms with van der Waals surface area (Å²) in [5, 5.41) is 11.3. The number of aromatic nitrogens is 2. The molecular weight excluding hydrogens is 244 g/mol. The van der Waals surface area contributed by atoms with E-state index >= 15 is 0 Å². The van der Waals surface area contributed by atoms with Gasteiger partial charge in [0.15, 0.2) is 0 Å². The van der Waals surface area contributed by atoms with Crippen LogP contribution in [0.3, 0.4) is 0 Å². The van der Waals surface area contributed by atoms with Crippen LogP contribution in [0.2, 0.25) is 0 Å². The molecule has 1 amide bonds. The normalized spacial score (nSPS) is 9.68. The SMILES string of the molecule is Cc1[nH]c(=O)c(C#N)cc1-c1ccc(NC=O)nc1. The second kappa shape index (κ2) is 5.14. The maximum absolute atomic E-state index is 11.5. The number of pyridine rings is 2. The van der Waals surface area contributed by atoms with Crippen molar-refractivity contribution in [1.29, 1.82) is 5.26 Å². The van der Waals surface area contributed by atoms with E-state index in [9.17, 15) is 9.59 Å². The van der Waals surface area contributed by atoms with Crippen molar-refractivity contribution in [1.82, 2.24) is 9.97 Å². The number of carbonyl (C=O) groups is 1. The molecule has 0 radical (unpaired) electrons. The van der Waals surface area contributed by atoms with E-state index in [0.29, 0.717) is 17.9 Å². The molecule has 2 N–H and O–H groups in total. The van der Waals surface area contributed by atoms with Gasteiger partial charge in [0, 0.05) is 23.0 Å². The van der Waals surface area contributed by atoms with Gasteiger partial charge < -0.3 is 10.3 Å². The van der Waals surface area contributed by atoms with Crippen LogP contribution in [0.5, 0.6) is 0 Å². The van der Waals surface area contributed by atoms with Gasteiger partial charge in [-0.3, -0.25) is 9.59 Å². The fourth-order valence-electron chi connectivity index (χ4n) is 1.70. The van der Waals surface area contributed by atoms with Crippen molar-refractivity contribution in [3.05, 3.63) is 46.0 Å². The van der Waals surface area contributed by atoms with Crippen molar-refractivity contribution in [2.24, 2.45) is 0 Å². The van der Waals surface area contributed by atoms with Gasteiger partial charge in [-0.05, 0) is 25.1 Å². The van der Waals surface area contributed by atoms with Gasteiger partial charge in [-0.25, -0.2) is 4.98 Å². The maximum atomic E-state index is 11.5. The van der Waals surface area contributed by atoms with Crippen molar-refractivity contribution in [2.45, 2.75) is 6.92 Å². The Bertz CT molecular complexity index is 711. The Labute approximate surface area is 108 Å². The molecule has 2 aromatic heterocycles. The highest BCUT2D eigenvalue weighted by atomic mass is 16.1. The molecule has 0 bridgehead atoms. The first kappa shape index (κ1) is 12.5. The molecule has 0 saturated carbocycles. The summed E-state index contributed by atoms with van der Waals surface area (Å²) >= 11 is 0. The lowest BCUT2D eigenvalue weighted by Gasteiger charge is -2.06. The molecule has 94 valence electrons. The van der Waals surface area contributed by atoms with E-state index in [-0.39, 0.29) is 5.56 Å². The minimum Gasteiger partial charge on any atom is -0.325 e. The molecule has 2 rings (SSSR count). The molecule has 6 heteroatoms. The zero-order valence-corrected chi connectivity index (χ0v) is 10.1. The molecule has 0 saturated heterocycles. The number of nitrogens with zero attached hydrogens (tertiary/aromatic N) is 2. The summed E-state index contributed by atoms with van der Waals surface area (Å²) in [6.45, 7) is 1.75. The van der Waals surface area contributed by atoms with Crippen LogP contribution < -0.4 is 10.9 Å². The van der Waals surface area contributed by atoms with Gasteiger partial charge in [0.05, 0.1) is 0 Å². The van der Waals surface area contributed by atoms with E-state index in [0.717, 1.165) is 11.1 Å². The van der Waals surface area contributed by atoms with E-state index in [1.165, 1.54) is 6.07 Å². The summed E-state index contributed by atoms with van der Waals surface area (Å²) in [5.74, 6) is 0.432. The number of aromatic amines is 1. The van der Waals surface area contributed by atoms with Gasteiger partial charge in [0.25, 0.3) is 5.56 Å². The van der Waals surface area contributed by atoms with Crippen LogP contribution in [0, 0.1) is 18.3 Å². The third-order valence-electron chi connectivity index (χ3n) is 2.64. The minimum atomic E-state index is -0.407. The second-order valence-corrected chi connectivity index (χ2v) is 3.86. The van der Waals surface area contributed by atoms with Gasteiger partial charge in [-0.1, -0.05) is 0 Å². The number of hydrogen-bond acceptors (Lipinski definition) is 4. The summed E-state index contributed by atoms with van der Waals surface area (Å²) in [6.07, 6.45) is 2.11. The molecule has 19 heavy (non-hydrogen) atoms. The van der Waals surface area contributed by atoms with Crippen molar-refractivity contribution in [3.8, 4) is 17.2 Å². The topological polar surface area (TPSA) is 98.6 Å². The largest absolute Gasteiger partial charge is 0.325 e. The number of rotatable bonds is 3. The number of H-pyrrole nitrogens is 1. The predicted octanol–water partition coefficient (Wildman–Crippen LogP) is 1.19. The standard InChI is InChI=1S/C13H10N4O2/c1-8-11(4-10(5-14)13(19)17-8)9-2-3-12(15-6-9)16-7-18/h2-4,6-7H,1H3,(H,17,19)(H,15,16,18). The Kier molecular flexibility index (Phi) is 3.39. The van der Waals surface area contributed by atoms with Crippen LogP contribution in [0.4, 0.5) is 5.82 Å². The van der Waals surface area contributed by atoms with Gasteiger partial charge in [0.2, 0.25) is 6.41 Å².